The number of carbonyl (C=O) groups is 4. The summed E-state index contributed by atoms with van der Waals surface area (Å²) in [4.78, 5) is 63.5. The molecule has 2 aliphatic heterocycles. The minimum Gasteiger partial charge on any atom is -0.496 e. The van der Waals surface area contributed by atoms with Crippen molar-refractivity contribution >= 4 is 45.2 Å². The second-order valence-electron chi connectivity index (χ2n) is 21.1. The van der Waals surface area contributed by atoms with Gasteiger partial charge in [-0.05, 0) is 107 Å². The smallest absolute Gasteiger partial charge is 0.253 e. The summed E-state index contributed by atoms with van der Waals surface area (Å²) < 4.78 is 25.0. The van der Waals surface area contributed by atoms with Crippen LogP contribution in [0.3, 0.4) is 0 Å². The molecule has 0 radical (unpaired) electrons. The van der Waals surface area contributed by atoms with Crippen LogP contribution in [0.2, 0.25) is 0 Å². The summed E-state index contributed by atoms with van der Waals surface area (Å²) in [5.74, 6) is 1.59. The molecule has 7 aromatic rings. The SMILES string of the molecule is C=C(C)CCC(C)c1ccc(CCOc2cc(OC)c(CN(C(=O)Cc3ccc4ccccc4c3)C3CC4COc5cccc(c5)C(=O)N(C)CCCC(NC(=O)Cc5ccc6ccccc6c5)C(=O)N4C3)c(OC)c2)cc1. The average Bonchev–Trinajstić information content (AvgIpc) is 3.99. The van der Waals surface area contributed by atoms with Crippen LogP contribution in [-0.2, 0) is 40.2 Å². The van der Waals surface area contributed by atoms with E-state index in [1.807, 2.05) is 102 Å². The lowest BCUT2D eigenvalue weighted by atomic mass is 9.94. The number of rotatable bonds is 18. The first kappa shape index (κ1) is 54.7. The maximum Gasteiger partial charge on any atom is 0.253 e. The van der Waals surface area contributed by atoms with Crippen molar-refractivity contribution in [1.82, 2.24) is 20.0 Å². The van der Waals surface area contributed by atoms with Gasteiger partial charge in [0.2, 0.25) is 17.7 Å². The molecule has 4 unspecified atom stereocenters. The summed E-state index contributed by atoms with van der Waals surface area (Å²) >= 11 is 0. The molecule has 12 nitrogen and oxygen atoms in total. The molecule has 2 heterocycles. The molecular weight excluding hydrogens is 977 g/mol. The van der Waals surface area contributed by atoms with Crippen LogP contribution in [0.4, 0.5) is 0 Å². The Morgan fingerprint density at radius 3 is 2.08 bits per heavy atom. The van der Waals surface area contributed by atoms with Gasteiger partial charge in [-0.1, -0.05) is 128 Å². The molecule has 4 amide bonds. The lowest BCUT2D eigenvalue weighted by molar-refractivity contribution is -0.138. The van der Waals surface area contributed by atoms with Crippen LogP contribution in [0.1, 0.15) is 90.0 Å². The van der Waals surface area contributed by atoms with E-state index in [2.05, 4.69) is 50.0 Å². The van der Waals surface area contributed by atoms with Crippen LogP contribution in [-0.4, -0.2) is 104 Å². The van der Waals surface area contributed by atoms with Crippen LogP contribution in [0.15, 0.2) is 158 Å². The predicted molar refractivity (Wildman–Crippen MR) is 307 cm³/mol. The number of benzene rings is 7. The number of allylic oxidation sites excluding steroid dienone is 1. The monoisotopic (exact) mass is 1050 g/mol. The van der Waals surface area contributed by atoms with Crippen LogP contribution in [0.5, 0.6) is 23.0 Å². The van der Waals surface area contributed by atoms with Crippen LogP contribution in [0, 0.1) is 0 Å². The molecule has 0 spiro atoms. The molecule has 7 aromatic carbocycles. The van der Waals surface area contributed by atoms with Gasteiger partial charge in [-0.3, -0.25) is 19.2 Å². The van der Waals surface area contributed by atoms with Crippen molar-refractivity contribution in [2.75, 3.05) is 47.6 Å². The van der Waals surface area contributed by atoms with E-state index in [1.165, 1.54) is 16.7 Å². The fraction of sp³-hybridized carbons (Fsp3) is 0.333. The molecule has 0 aliphatic carbocycles. The zero-order chi connectivity index (χ0) is 54.7. The van der Waals surface area contributed by atoms with Gasteiger partial charge in [-0.25, -0.2) is 0 Å². The number of hydrogen-bond acceptors (Lipinski definition) is 8. The summed E-state index contributed by atoms with van der Waals surface area (Å²) in [6.45, 7) is 9.51. The minimum atomic E-state index is -0.919. The summed E-state index contributed by atoms with van der Waals surface area (Å²) in [5.41, 5.74) is 6.48. The molecule has 0 saturated carbocycles. The third-order valence-corrected chi connectivity index (χ3v) is 15.4. The van der Waals surface area contributed by atoms with Crippen molar-refractivity contribution in [2.45, 2.75) is 95.8 Å². The third kappa shape index (κ3) is 13.5. The van der Waals surface area contributed by atoms with Gasteiger partial charge in [0.1, 0.15) is 35.6 Å². The summed E-state index contributed by atoms with van der Waals surface area (Å²) in [6, 6.07) is 45.6. The van der Waals surface area contributed by atoms with Crippen molar-refractivity contribution in [3.63, 3.8) is 0 Å². The molecule has 12 heteroatoms. The number of amides is 4. The van der Waals surface area contributed by atoms with Gasteiger partial charge in [0.25, 0.3) is 5.91 Å². The maximum atomic E-state index is 15.3. The Labute approximate surface area is 458 Å². The Morgan fingerprint density at radius 2 is 1.42 bits per heavy atom. The summed E-state index contributed by atoms with van der Waals surface area (Å²) in [7, 11) is 4.93. The van der Waals surface area contributed by atoms with Gasteiger partial charge in [-0.2, -0.15) is 0 Å². The van der Waals surface area contributed by atoms with E-state index in [1.54, 1.807) is 55.3 Å². The maximum absolute atomic E-state index is 15.3. The highest BCUT2D eigenvalue weighted by Gasteiger charge is 2.43. The van der Waals surface area contributed by atoms with Crippen molar-refractivity contribution < 1.29 is 38.1 Å². The van der Waals surface area contributed by atoms with Gasteiger partial charge in [-0.15, -0.1) is 6.58 Å². The van der Waals surface area contributed by atoms with Gasteiger partial charge in [0, 0.05) is 44.3 Å². The number of ether oxygens (including phenoxy) is 4. The van der Waals surface area contributed by atoms with Crippen LogP contribution >= 0.6 is 0 Å². The fourth-order valence-corrected chi connectivity index (χ4v) is 10.9. The number of fused-ring (bicyclic) bond motifs is 5. The third-order valence-electron chi connectivity index (χ3n) is 15.4. The van der Waals surface area contributed by atoms with E-state index in [9.17, 15) is 9.59 Å². The van der Waals surface area contributed by atoms with Crippen LogP contribution in [0.25, 0.3) is 21.5 Å². The molecule has 2 aliphatic rings. The Bertz CT molecular complexity index is 3260. The second kappa shape index (κ2) is 25.4. The average molecular weight is 1050 g/mol. The summed E-state index contributed by atoms with van der Waals surface area (Å²) in [5, 5.41) is 7.30. The molecule has 4 atom stereocenters. The Hall–Kier alpha value is -8.12. The van der Waals surface area contributed by atoms with Crippen molar-refractivity contribution in [3.8, 4) is 23.0 Å². The van der Waals surface area contributed by atoms with E-state index >= 15 is 9.59 Å². The molecule has 2 bridgehead atoms. The number of hydrogen-bond donors (Lipinski definition) is 1. The summed E-state index contributed by atoms with van der Waals surface area (Å²) in [6.07, 6.45) is 4.04. The van der Waals surface area contributed by atoms with Gasteiger partial charge in [0.15, 0.2) is 0 Å². The first-order valence-electron chi connectivity index (χ1n) is 27.3. The zero-order valence-corrected chi connectivity index (χ0v) is 45.7. The standard InChI is InChI=1S/C66H72N4O8/c1-44(2)20-21-45(3)49-26-22-46(23-27-49)30-32-77-58-39-61(75-5)59(62(40-58)76-6)42-69(64(72)36-48-25-29-51-14-8-10-16-53(51)34-48)55-38-56-43-78-57-18-11-17-54(37-57)65(73)68(4)31-12-19-60(66(74)70(56)41-55)67-63(71)35-47-24-28-50-13-7-9-15-52(50)33-47/h7-11,13-18,22-29,33-34,37,39-40,45,55-56,60H,1,12,19-21,30-32,35-36,38,41-43H2,2-6H3,(H,67,71). The number of methoxy groups -OCH3 is 2. The molecule has 0 aromatic heterocycles. The highest BCUT2D eigenvalue weighted by molar-refractivity contribution is 5.94. The molecular formula is C66H72N4O8. The zero-order valence-electron chi connectivity index (χ0n) is 45.7. The predicted octanol–water partition coefficient (Wildman–Crippen LogP) is 11.3. The lowest BCUT2D eigenvalue weighted by Gasteiger charge is -2.32. The lowest BCUT2D eigenvalue weighted by Crippen LogP contribution is -2.52. The van der Waals surface area contributed by atoms with Crippen molar-refractivity contribution in [3.05, 3.63) is 191 Å². The highest BCUT2D eigenvalue weighted by atomic mass is 16.5. The molecule has 1 saturated heterocycles. The highest BCUT2D eigenvalue weighted by Crippen LogP contribution is 2.38. The normalized spacial score (nSPS) is 17.2. The second-order valence-corrected chi connectivity index (χ2v) is 21.1. The first-order chi connectivity index (χ1) is 37.8. The van der Waals surface area contributed by atoms with E-state index in [4.69, 9.17) is 18.9 Å². The minimum absolute atomic E-state index is 0.0747. The topological polar surface area (TPSA) is 127 Å². The van der Waals surface area contributed by atoms with Gasteiger partial charge >= 0.3 is 0 Å². The van der Waals surface area contributed by atoms with Gasteiger partial charge in [0.05, 0.1) is 57.9 Å². The number of nitrogens with one attached hydrogen (secondary N) is 1. The first-order valence-corrected chi connectivity index (χ1v) is 27.3. The number of nitrogens with zero attached hydrogens (tertiary/aromatic N) is 3. The fourth-order valence-electron chi connectivity index (χ4n) is 10.9. The molecule has 9 rings (SSSR count). The van der Waals surface area contributed by atoms with Gasteiger partial charge < -0.3 is 39.0 Å². The van der Waals surface area contributed by atoms with E-state index in [0.717, 1.165) is 45.5 Å². The van der Waals surface area contributed by atoms with E-state index in [0.29, 0.717) is 72.5 Å². The molecule has 1 fully saturated rings. The van der Waals surface area contributed by atoms with E-state index in [-0.39, 0.29) is 62.6 Å². The number of carbonyl (C=O) groups excluding carboxylic acids is 4. The Morgan fingerprint density at radius 1 is 0.782 bits per heavy atom. The molecule has 1 N–H and O–H groups in total. The largest absolute Gasteiger partial charge is 0.496 e. The Balaban J connectivity index is 1.00. The van der Waals surface area contributed by atoms with E-state index < -0.39 is 18.1 Å². The Kier molecular flexibility index (Phi) is 17.8. The van der Waals surface area contributed by atoms with Crippen molar-refractivity contribution in [1.29, 1.82) is 0 Å². The molecule has 78 heavy (non-hydrogen) atoms. The van der Waals surface area contributed by atoms with Crippen LogP contribution < -0.4 is 24.3 Å². The molecule has 404 valence electrons. The van der Waals surface area contributed by atoms with Crippen molar-refractivity contribution in [2.24, 2.45) is 0 Å². The quantitative estimate of drug-likeness (QED) is 0.0842.